The van der Waals surface area contributed by atoms with Crippen LogP contribution in [0.1, 0.15) is 51.7 Å². The van der Waals surface area contributed by atoms with E-state index in [1.807, 2.05) is 12.1 Å². The quantitative estimate of drug-likeness (QED) is 0.787. The van der Waals surface area contributed by atoms with E-state index in [1.54, 1.807) is 0 Å². The number of hydrogen-bond acceptors (Lipinski definition) is 4. The van der Waals surface area contributed by atoms with Crippen LogP contribution in [-0.4, -0.2) is 31.1 Å². The molecule has 0 radical (unpaired) electrons. The largest absolute Gasteiger partial charge is 0.641 e. The van der Waals surface area contributed by atoms with Gasteiger partial charge in [0, 0.05) is 6.04 Å². The van der Waals surface area contributed by atoms with E-state index >= 15 is 0 Å². The Morgan fingerprint density at radius 3 is 1.82 bits per heavy atom. The summed E-state index contributed by atoms with van der Waals surface area (Å²) in [5, 5.41) is 3.67. The first-order valence-electron chi connectivity index (χ1n) is 10.2. The van der Waals surface area contributed by atoms with Crippen LogP contribution in [0, 0.1) is 0 Å². The Hall–Kier alpha value is -1.66. The first-order valence-corrected chi connectivity index (χ1v) is 10.2. The summed E-state index contributed by atoms with van der Waals surface area (Å²) < 4.78 is 19.3. The molecule has 0 aromatic heterocycles. The molecule has 1 unspecified atom stereocenters. The van der Waals surface area contributed by atoms with Gasteiger partial charge in [-0.05, 0) is 58.2 Å². The third kappa shape index (κ3) is 3.31. The molecule has 0 saturated carbocycles. The fraction of sp³-hybridized carbons (Fsp3) is 0.478. The fourth-order valence-corrected chi connectivity index (χ4v) is 4.18. The third-order valence-corrected chi connectivity index (χ3v) is 6.47. The SMILES string of the molecule is CC1(C)OB(OC(c2ccccc2)(c2ccccc2)C2CCCN2)OC1(C)C. The Morgan fingerprint density at radius 1 is 0.893 bits per heavy atom. The molecule has 0 aliphatic carbocycles. The van der Waals surface area contributed by atoms with Gasteiger partial charge in [-0.1, -0.05) is 60.7 Å². The van der Waals surface area contributed by atoms with Gasteiger partial charge in [0.15, 0.2) is 0 Å². The second-order valence-corrected chi connectivity index (χ2v) is 8.78. The zero-order valence-corrected chi connectivity index (χ0v) is 17.3. The number of benzene rings is 2. The molecule has 5 heteroatoms. The van der Waals surface area contributed by atoms with Crippen molar-refractivity contribution in [1.29, 1.82) is 0 Å². The van der Waals surface area contributed by atoms with Crippen LogP contribution in [-0.2, 0) is 19.6 Å². The molecule has 0 amide bonds. The highest BCUT2D eigenvalue weighted by atomic mass is 16.8. The van der Waals surface area contributed by atoms with Crippen molar-refractivity contribution in [3.05, 3.63) is 71.8 Å². The van der Waals surface area contributed by atoms with Gasteiger partial charge in [-0.25, -0.2) is 0 Å². The number of hydrogen-bond donors (Lipinski definition) is 1. The maximum absolute atomic E-state index is 6.82. The van der Waals surface area contributed by atoms with Gasteiger partial charge in [0.1, 0.15) is 5.60 Å². The van der Waals surface area contributed by atoms with Crippen LogP contribution >= 0.6 is 0 Å². The summed E-state index contributed by atoms with van der Waals surface area (Å²) in [6.07, 6.45) is 2.15. The highest BCUT2D eigenvalue weighted by Crippen LogP contribution is 2.44. The topological polar surface area (TPSA) is 39.7 Å². The first kappa shape index (κ1) is 19.7. The summed E-state index contributed by atoms with van der Waals surface area (Å²) in [7, 11) is -0.743. The molecule has 1 atom stereocenters. The van der Waals surface area contributed by atoms with Crippen molar-refractivity contribution < 1.29 is 14.0 Å². The minimum Gasteiger partial charge on any atom is -0.378 e. The summed E-state index contributed by atoms with van der Waals surface area (Å²) in [4.78, 5) is 0. The smallest absolute Gasteiger partial charge is 0.378 e. The minimum absolute atomic E-state index is 0.135. The van der Waals surface area contributed by atoms with E-state index in [2.05, 4.69) is 81.5 Å². The van der Waals surface area contributed by atoms with Crippen molar-refractivity contribution in [3.63, 3.8) is 0 Å². The lowest BCUT2D eigenvalue weighted by Crippen LogP contribution is -2.51. The fourth-order valence-electron chi connectivity index (χ4n) is 4.18. The zero-order chi connectivity index (χ0) is 19.8. The van der Waals surface area contributed by atoms with E-state index in [-0.39, 0.29) is 6.04 Å². The van der Waals surface area contributed by atoms with E-state index in [0.717, 1.165) is 30.5 Å². The van der Waals surface area contributed by atoms with Crippen LogP contribution < -0.4 is 5.32 Å². The monoisotopic (exact) mass is 379 g/mol. The Morgan fingerprint density at radius 2 is 1.39 bits per heavy atom. The van der Waals surface area contributed by atoms with Crippen molar-refractivity contribution in [2.75, 3.05) is 6.54 Å². The van der Waals surface area contributed by atoms with Crippen LogP contribution in [0.4, 0.5) is 0 Å². The zero-order valence-electron chi connectivity index (χ0n) is 17.3. The molecular formula is C23H30BNO3. The van der Waals surface area contributed by atoms with Gasteiger partial charge in [-0.3, -0.25) is 0 Å². The van der Waals surface area contributed by atoms with Gasteiger partial charge in [-0.15, -0.1) is 0 Å². The van der Waals surface area contributed by atoms with Crippen LogP contribution in [0.15, 0.2) is 60.7 Å². The van der Waals surface area contributed by atoms with Gasteiger partial charge >= 0.3 is 7.32 Å². The molecular weight excluding hydrogens is 349 g/mol. The average molecular weight is 379 g/mol. The average Bonchev–Trinajstić information content (AvgIpc) is 3.28. The highest BCUT2D eigenvalue weighted by molar-refractivity contribution is 6.37. The maximum Gasteiger partial charge on any atom is 0.641 e. The summed E-state index contributed by atoms with van der Waals surface area (Å²) in [6.45, 7) is 9.19. The number of rotatable bonds is 5. The molecule has 148 valence electrons. The molecule has 2 aromatic rings. The van der Waals surface area contributed by atoms with E-state index in [4.69, 9.17) is 14.0 Å². The molecule has 1 N–H and O–H groups in total. The van der Waals surface area contributed by atoms with Crippen molar-refractivity contribution in [2.24, 2.45) is 0 Å². The lowest BCUT2D eigenvalue weighted by Gasteiger charge is -2.41. The first-order chi connectivity index (χ1) is 13.4. The Labute approximate surface area is 168 Å². The standard InChI is InChI=1S/C23H30BNO3/c1-21(2)22(3,4)27-24(26-21)28-23(20-16-11-17-25-20,18-12-7-5-8-13-18)19-14-9-6-10-15-19/h5-10,12-15,20,25H,11,16-17H2,1-4H3. The lowest BCUT2D eigenvalue weighted by atomic mass is 9.78. The summed E-state index contributed by atoms with van der Waals surface area (Å²) in [5.74, 6) is 0. The van der Waals surface area contributed by atoms with Crippen molar-refractivity contribution >= 4 is 7.32 Å². The molecule has 0 spiro atoms. The maximum atomic E-state index is 6.82. The van der Waals surface area contributed by atoms with E-state index in [1.165, 1.54) is 0 Å². The normalized spacial score (nSPS) is 23.9. The molecule has 2 aliphatic heterocycles. The predicted molar refractivity (Wildman–Crippen MR) is 112 cm³/mol. The van der Waals surface area contributed by atoms with Gasteiger partial charge in [0.05, 0.1) is 11.2 Å². The molecule has 4 nitrogen and oxygen atoms in total. The molecule has 2 saturated heterocycles. The van der Waals surface area contributed by atoms with E-state index in [9.17, 15) is 0 Å². The van der Waals surface area contributed by atoms with Crippen LogP contribution in [0.2, 0.25) is 0 Å². The van der Waals surface area contributed by atoms with Crippen molar-refractivity contribution in [1.82, 2.24) is 5.32 Å². The molecule has 28 heavy (non-hydrogen) atoms. The predicted octanol–water partition coefficient (Wildman–Crippen LogP) is 4.29. The summed E-state index contributed by atoms with van der Waals surface area (Å²) in [5.41, 5.74) is 0.630. The van der Waals surface area contributed by atoms with Crippen molar-refractivity contribution in [3.8, 4) is 0 Å². The van der Waals surface area contributed by atoms with E-state index < -0.39 is 24.1 Å². The Balaban J connectivity index is 1.81. The van der Waals surface area contributed by atoms with Gasteiger partial charge in [-0.2, -0.15) is 0 Å². The Kier molecular flexibility index (Phi) is 5.13. The lowest BCUT2D eigenvalue weighted by molar-refractivity contribution is 0.00578. The van der Waals surface area contributed by atoms with Crippen LogP contribution in [0.3, 0.4) is 0 Å². The van der Waals surface area contributed by atoms with Crippen LogP contribution in [0.5, 0.6) is 0 Å². The second-order valence-electron chi connectivity index (χ2n) is 8.78. The molecule has 2 heterocycles. The summed E-state index contributed by atoms with van der Waals surface area (Å²) >= 11 is 0. The van der Waals surface area contributed by atoms with Gasteiger partial charge in [0.2, 0.25) is 0 Å². The van der Waals surface area contributed by atoms with Crippen LogP contribution in [0.25, 0.3) is 0 Å². The van der Waals surface area contributed by atoms with Gasteiger partial charge in [0.25, 0.3) is 0 Å². The highest BCUT2D eigenvalue weighted by Gasteiger charge is 2.57. The molecule has 2 aliphatic rings. The van der Waals surface area contributed by atoms with Gasteiger partial charge < -0.3 is 19.3 Å². The minimum atomic E-state index is -0.743. The summed E-state index contributed by atoms with van der Waals surface area (Å²) in [6, 6.07) is 21.0. The Bertz CT molecular complexity index is 733. The molecule has 0 bridgehead atoms. The molecule has 2 fully saturated rings. The second kappa shape index (κ2) is 7.31. The molecule has 2 aromatic carbocycles. The van der Waals surface area contributed by atoms with Crippen molar-refractivity contribution in [2.45, 2.75) is 63.4 Å². The number of nitrogens with one attached hydrogen (secondary N) is 1. The molecule has 4 rings (SSSR count). The third-order valence-electron chi connectivity index (χ3n) is 6.47. The van der Waals surface area contributed by atoms with E-state index in [0.29, 0.717) is 0 Å².